The molecule has 3 heterocycles. The fraction of sp³-hybridized carbons (Fsp3) is 0.615. The van der Waals surface area contributed by atoms with Crippen LogP contribution < -0.4 is 11.5 Å². The molecule has 2 aromatic heterocycles. The van der Waals surface area contributed by atoms with Crippen LogP contribution in [0.15, 0.2) is 12.7 Å². The van der Waals surface area contributed by atoms with Crippen molar-refractivity contribution in [2.45, 2.75) is 31.0 Å². The van der Waals surface area contributed by atoms with Gasteiger partial charge in [0.2, 0.25) is 0 Å². The number of hydrogen-bond acceptors (Lipinski definition) is 9. The predicted octanol–water partition coefficient (Wildman–Crippen LogP) is -1.61. The number of anilines is 1. The number of rotatable bonds is 6. The Kier molecular flexibility index (Phi) is 4.68. The van der Waals surface area contributed by atoms with Crippen LogP contribution in [0.2, 0.25) is 0 Å². The molecule has 23 heavy (non-hydrogen) atoms. The molecule has 1 fully saturated rings. The van der Waals surface area contributed by atoms with E-state index in [0.717, 1.165) is 0 Å². The number of hydrogen-bond donors (Lipinski definition) is 4. The summed E-state index contributed by atoms with van der Waals surface area (Å²) in [4.78, 5) is 12.2. The Hall–Kier alpha value is -1.85. The SMILES string of the molecule is NCCCOC1C(O)[C@H](n2cnc3c(N)ncnc32)O[C@@H]1CO. The number of imidazole rings is 1. The van der Waals surface area contributed by atoms with Crippen molar-refractivity contribution >= 4 is 17.0 Å². The second-order valence-corrected chi connectivity index (χ2v) is 5.30. The van der Waals surface area contributed by atoms with E-state index in [-0.39, 0.29) is 12.4 Å². The molecule has 10 heteroatoms. The van der Waals surface area contributed by atoms with E-state index in [9.17, 15) is 10.2 Å². The molecule has 2 unspecified atom stereocenters. The predicted molar refractivity (Wildman–Crippen MR) is 80.1 cm³/mol. The Morgan fingerprint density at radius 3 is 2.91 bits per heavy atom. The first-order valence-electron chi connectivity index (χ1n) is 7.36. The molecule has 6 N–H and O–H groups in total. The van der Waals surface area contributed by atoms with Gasteiger partial charge in [-0.05, 0) is 13.0 Å². The van der Waals surface area contributed by atoms with E-state index in [0.29, 0.717) is 30.7 Å². The van der Waals surface area contributed by atoms with E-state index in [4.69, 9.17) is 20.9 Å². The Bertz CT molecular complexity index is 665. The van der Waals surface area contributed by atoms with Crippen molar-refractivity contribution in [1.29, 1.82) is 0 Å². The average Bonchev–Trinajstić information content (AvgIpc) is 3.10. The molecule has 4 atom stereocenters. The van der Waals surface area contributed by atoms with Gasteiger partial charge < -0.3 is 31.2 Å². The zero-order valence-corrected chi connectivity index (χ0v) is 12.4. The van der Waals surface area contributed by atoms with Crippen LogP contribution in [0, 0.1) is 0 Å². The largest absolute Gasteiger partial charge is 0.394 e. The molecule has 1 aliphatic rings. The van der Waals surface area contributed by atoms with Crippen LogP contribution in [0.4, 0.5) is 5.82 Å². The Morgan fingerprint density at radius 1 is 1.35 bits per heavy atom. The topological polar surface area (TPSA) is 155 Å². The number of ether oxygens (including phenoxy) is 2. The minimum Gasteiger partial charge on any atom is -0.394 e. The average molecular weight is 324 g/mol. The van der Waals surface area contributed by atoms with Crippen LogP contribution in [-0.4, -0.2) is 67.8 Å². The Balaban J connectivity index is 1.86. The van der Waals surface area contributed by atoms with Gasteiger partial charge in [-0.25, -0.2) is 15.0 Å². The highest BCUT2D eigenvalue weighted by Gasteiger charge is 2.45. The second-order valence-electron chi connectivity index (χ2n) is 5.30. The van der Waals surface area contributed by atoms with Gasteiger partial charge in [0.1, 0.15) is 30.2 Å². The van der Waals surface area contributed by atoms with Crippen molar-refractivity contribution in [1.82, 2.24) is 19.5 Å². The minimum atomic E-state index is -0.987. The molecule has 0 amide bonds. The van der Waals surface area contributed by atoms with Gasteiger partial charge in [-0.3, -0.25) is 4.57 Å². The highest BCUT2D eigenvalue weighted by atomic mass is 16.6. The number of aliphatic hydroxyl groups is 2. The maximum atomic E-state index is 10.5. The minimum absolute atomic E-state index is 0.246. The van der Waals surface area contributed by atoms with Gasteiger partial charge >= 0.3 is 0 Å². The van der Waals surface area contributed by atoms with Crippen LogP contribution >= 0.6 is 0 Å². The molecule has 2 aromatic rings. The number of aliphatic hydroxyl groups excluding tert-OH is 2. The van der Waals surface area contributed by atoms with Gasteiger partial charge in [-0.1, -0.05) is 0 Å². The van der Waals surface area contributed by atoms with Crippen molar-refractivity contribution in [3.8, 4) is 0 Å². The van der Waals surface area contributed by atoms with Crippen LogP contribution in [0.1, 0.15) is 12.6 Å². The lowest BCUT2D eigenvalue weighted by molar-refractivity contribution is -0.0605. The van der Waals surface area contributed by atoms with Crippen molar-refractivity contribution in [3.63, 3.8) is 0 Å². The standard InChI is InChI=1S/C13H20N6O4/c14-2-1-3-22-10-7(4-20)23-13(9(10)21)19-6-18-8-11(15)16-5-17-12(8)19/h5-7,9-10,13,20-21H,1-4,14H2,(H2,15,16,17)/t7-,9?,10?,13-/m1/s1. The number of fused-ring (bicyclic) bond motifs is 1. The zero-order valence-electron chi connectivity index (χ0n) is 12.4. The second kappa shape index (κ2) is 6.72. The molecular weight excluding hydrogens is 304 g/mol. The van der Waals surface area contributed by atoms with Crippen molar-refractivity contribution in [3.05, 3.63) is 12.7 Å². The smallest absolute Gasteiger partial charge is 0.167 e. The van der Waals surface area contributed by atoms with Crippen molar-refractivity contribution in [2.75, 3.05) is 25.5 Å². The molecule has 0 saturated carbocycles. The molecule has 1 saturated heterocycles. The first-order valence-corrected chi connectivity index (χ1v) is 7.36. The van der Waals surface area contributed by atoms with E-state index in [2.05, 4.69) is 15.0 Å². The molecule has 0 aromatic carbocycles. The molecule has 0 aliphatic carbocycles. The van der Waals surface area contributed by atoms with E-state index >= 15 is 0 Å². The molecular formula is C13H20N6O4. The van der Waals surface area contributed by atoms with Crippen LogP contribution in [0.25, 0.3) is 11.2 Å². The summed E-state index contributed by atoms with van der Waals surface area (Å²) in [7, 11) is 0. The summed E-state index contributed by atoms with van der Waals surface area (Å²) < 4.78 is 12.9. The first kappa shape index (κ1) is 16.0. The van der Waals surface area contributed by atoms with Crippen LogP contribution in [-0.2, 0) is 9.47 Å². The van der Waals surface area contributed by atoms with E-state index in [1.165, 1.54) is 12.7 Å². The lowest BCUT2D eigenvalue weighted by atomic mass is 10.1. The van der Waals surface area contributed by atoms with E-state index in [1.54, 1.807) is 4.57 Å². The van der Waals surface area contributed by atoms with Gasteiger partial charge in [0.05, 0.1) is 12.9 Å². The van der Waals surface area contributed by atoms with Gasteiger partial charge in [-0.15, -0.1) is 0 Å². The molecule has 10 nitrogen and oxygen atoms in total. The molecule has 1 aliphatic heterocycles. The van der Waals surface area contributed by atoms with Gasteiger partial charge in [0.15, 0.2) is 17.7 Å². The van der Waals surface area contributed by atoms with Crippen molar-refractivity contribution < 1.29 is 19.7 Å². The summed E-state index contributed by atoms with van der Waals surface area (Å²) >= 11 is 0. The van der Waals surface area contributed by atoms with Crippen LogP contribution in [0.3, 0.4) is 0 Å². The van der Waals surface area contributed by atoms with E-state index < -0.39 is 24.5 Å². The zero-order chi connectivity index (χ0) is 16.4. The van der Waals surface area contributed by atoms with Gasteiger partial charge in [0.25, 0.3) is 0 Å². The Labute approximate surface area is 132 Å². The molecule has 3 rings (SSSR count). The third-order valence-electron chi connectivity index (χ3n) is 3.81. The number of nitrogens with two attached hydrogens (primary N) is 2. The third-order valence-corrected chi connectivity index (χ3v) is 3.81. The normalized spacial score (nSPS) is 27.8. The summed E-state index contributed by atoms with van der Waals surface area (Å²) in [5.74, 6) is 0.246. The fourth-order valence-corrected chi connectivity index (χ4v) is 2.66. The highest BCUT2D eigenvalue weighted by Crippen LogP contribution is 2.33. The lowest BCUT2D eigenvalue weighted by Gasteiger charge is -2.19. The lowest BCUT2D eigenvalue weighted by Crippen LogP contribution is -2.36. The molecule has 126 valence electrons. The number of nitrogens with zero attached hydrogens (tertiary/aromatic N) is 4. The monoisotopic (exact) mass is 324 g/mol. The summed E-state index contributed by atoms with van der Waals surface area (Å²) in [6.45, 7) is 0.592. The van der Waals surface area contributed by atoms with Crippen LogP contribution in [0.5, 0.6) is 0 Å². The van der Waals surface area contributed by atoms with Gasteiger partial charge in [0, 0.05) is 6.61 Å². The summed E-state index contributed by atoms with van der Waals surface area (Å²) in [6.07, 6.45) is 0.366. The summed E-state index contributed by atoms with van der Waals surface area (Å²) in [5, 5.41) is 20.0. The van der Waals surface area contributed by atoms with Gasteiger partial charge in [-0.2, -0.15) is 0 Å². The quantitative estimate of drug-likeness (QED) is 0.459. The molecule has 0 spiro atoms. The fourth-order valence-electron chi connectivity index (χ4n) is 2.66. The molecule has 0 bridgehead atoms. The van der Waals surface area contributed by atoms with E-state index in [1.807, 2.05) is 0 Å². The first-order chi connectivity index (χ1) is 11.2. The maximum Gasteiger partial charge on any atom is 0.167 e. The molecule has 0 radical (unpaired) electrons. The highest BCUT2D eigenvalue weighted by molar-refractivity contribution is 5.81. The number of aromatic nitrogens is 4. The maximum absolute atomic E-state index is 10.5. The number of nitrogen functional groups attached to an aromatic ring is 1. The van der Waals surface area contributed by atoms with Crippen molar-refractivity contribution in [2.24, 2.45) is 5.73 Å². The summed E-state index contributed by atoms with van der Waals surface area (Å²) in [6, 6.07) is 0. The summed E-state index contributed by atoms with van der Waals surface area (Å²) in [5.41, 5.74) is 12.1. The Morgan fingerprint density at radius 2 is 2.17 bits per heavy atom. The third kappa shape index (κ3) is 2.86.